The van der Waals surface area contributed by atoms with Crippen molar-refractivity contribution in [2.75, 3.05) is 43.0 Å². The highest BCUT2D eigenvalue weighted by atomic mass is 32.1. The van der Waals surface area contributed by atoms with E-state index in [4.69, 9.17) is 17.0 Å². The third-order valence-electron chi connectivity index (χ3n) is 6.17. The first-order valence-electron chi connectivity index (χ1n) is 12.6. The molecule has 4 rings (SSSR count). The molecule has 0 atom stereocenters. The lowest BCUT2D eigenvalue weighted by atomic mass is 10.1. The van der Waals surface area contributed by atoms with Crippen molar-refractivity contribution in [2.24, 2.45) is 0 Å². The van der Waals surface area contributed by atoms with Gasteiger partial charge < -0.3 is 19.9 Å². The Morgan fingerprint density at radius 2 is 1.59 bits per heavy atom. The van der Waals surface area contributed by atoms with Crippen LogP contribution in [-0.4, -0.2) is 54.6 Å². The quantitative estimate of drug-likeness (QED) is 0.326. The zero-order chi connectivity index (χ0) is 26.0. The number of amides is 2. The molecule has 2 N–H and O–H groups in total. The monoisotopic (exact) mass is 516 g/mol. The van der Waals surface area contributed by atoms with Crippen LogP contribution in [-0.2, 0) is 0 Å². The van der Waals surface area contributed by atoms with Crippen LogP contribution >= 0.6 is 12.2 Å². The Hall–Kier alpha value is -3.91. The fraction of sp³-hybridized carbons (Fsp3) is 0.276. The molecular weight excluding hydrogens is 484 g/mol. The number of unbranched alkanes of at least 4 members (excludes halogenated alkanes) is 1. The molecule has 1 aliphatic rings. The molecule has 0 unspecified atom stereocenters. The highest BCUT2D eigenvalue weighted by Crippen LogP contribution is 2.27. The first-order valence-corrected chi connectivity index (χ1v) is 13.0. The molecule has 1 heterocycles. The molecule has 0 aliphatic carbocycles. The molecule has 0 radical (unpaired) electrons. The fourth-order valence-corrected chi connectivity index (χ4v) is 4.36. The average Bonchev–Trinajstić information content (AvgIpc) is 2.94. The van der Waals surface area contributed by atoms with Gasteiger partial charge in [0.25, 0.3) is 11.8 Å². The number of ether oxygens (including phenoxy) is 1. The Bertz CT molecular complexity index is 1230. The number of rotatable bonds is 8. The molecule has 3 aromatic carbocycles. The van der Waals surface area contributed by atoms with Crippen molar-refractivity contribution in [3.63, 3.8) is 0 Å². The molecule has 192 valence electrons. The van der Waals surface area contributed by atoms with Gasteiger partial charge in [-0.15, -0.1) is 0 Å². The van der Waals surface area contributed by atoms with E-state index in [1.165, 1.54) is 0 Å². The van der Waals surface area contributed by atoms with E-state index in [2.05, 4.69) is 22.5 Å². The number of nitrogens with zero attached hydrogens (tertiary/aromatic N) is 2. The van der Waals surface area contributed by atoms with E-state index in [1.54, 1.807) is 18.2 Å². The molecule has 37 heavy (non-hydrogen) atoms. The van der Waals surface area contributed by atoms with E-state index in [9.17, 15) is 9.59 Å². The molecule has 3 aromatic rings. The van der Waals surface area contributed by atoms with E-state index in [1.807, 2.05) is 65.6 Å². The van der Waals surface area contributed by atoms with E-state index in [0.717, 1.165) is 24.2 Å². The molecule has 2 amide bonds. The van der Waals surface area contributed by atoms with Gasteiger partial charge in [-0.1, -0.05) is 49.7 Å². The predicted octanol–water partition coefficient (Wildman–Crippen LogP) is 4.95. The zero-order valence-electron chi connectivity index (χ0n) is 21.0. The lowest BCUT2D eigenvalue weighted by molar-refractivity contribution is 0.0746. The van der Waals surface area contributed by atoms with Gasteiger partial charge >= 0.3 is 0 Å². The topological polar surface area (TPSA) is 73.9 Å². The zero-order valence-corrected chi connectivity index (χ0v) is 21.8. The Labute approximate surface area is 223 Å². The largest absolute Gasteiger partial charge is 0.494 e. The Kier molecular flexibility index (Phi) is 9.10. The number of nitrogens with one attached hydrogen (secondary N) is 2. The van der Waals surface area contributed by atoms with Crippen molar-refractivity contribution in [3.05, 3.63) is 90.0 Å². The number of para-hydroxylation sites is 2. The van der Waals surface area contributed by atoms with E-state index >= 15 is 0 Å². The number of hydrogen-bond donors (Lipinski definition) is 2. The van der Waals surface area contributed by atoms with Crippen molar-refractivity contribution in [3.8, 4) is 5.75 Å². The lowest BCUT2D eigenvalue weighted by Crippen LogP contribution is -2.49. The van der Waals surface area contributed by atoms with Gasteiger partial charge in [0.05, 0.1) is 18.0 Å². The summed E-state index contributed by atoms with van der Waals surface area (Å²) in [6.45, 7) is 5.36. The van der Waals surface area contributed by atoms with Crippen LogP contribution in [0.1, 0.15) is 40.5 Å². The van der Waals surface area contributed by atoms with E-state index in [0.29, 0.717) is 49.7 Å². The minimum atomic E-state index is -0.302. The standard InChI is InChI=1S/C29H32N4O3S/c1-2-3-20-36-24-13-9-12-23(21-24)27(34)31-29(37)30-25-14-7-8-15-26(25)32-16-18-33(19-17-32)28(35)22-10-5-4-6-11-22/h4-15,21H,2-3,16-20H2,1H3,(H2,30,31,34,37). The summed E-state index contributed by atoms with van der Waals surface area (Å²) in [5.74, 6) is 0.412. The molecule has 0 aromatic heterocycles. The minimum Gasteiger partial charge on any atom is -0.494 e. The molecule has 0 bridgehead atoms. The van der Waals surface area contributed by atoms with Gasteiger partial charge in [-0.2, -0.15) is 0 Å². The third-order valence-corrected chi connectivity index (χ3v) is 6.37. The second kappa shape index (κ2) is 12.9. The van der Waals surface area contributed by atoms with Gasteiger partial charge in [-0.25, -0.2) is 0 Å². The van der Waals surface area contributed by atoms with Gasteiger partial charge in [0.15, 0.2) is 5.11 Å². The minimum absolute atomic E-state index is 0.0513. The van der Waals surface area contributed by atoms with Crippen LogP contribution in [0.5, 0.6) is 5.75 Å². The highest BCUT2D eigenvalue weighted by molar-refractivity contribution is 7.80. The Balaban J connectivity index is 1.34. The smallest absolute Gasteiger partial charge is 0.257 e. The normalized spacial score (nSPS) is 13.1. The summed E-state index contributed by atoms with van der Waals surface area (Å²) in [7, 11) is 0. The van der Waals surface area contributed by atoms with Crippen LogP contribution in [0.2, 0.25) is 0 Å². The van der Waals surface area contributed by atoms with Crippen LogP contribution in [0.4, 0.5) is 11.4 Å². The summed E-state index contributed by atoms with van der Waals surface area (Å²) < 4.78 is 5.71. The molecule has 1 fully saturated rings. The van der Waals surface area contributed by atoms with Crippen molar-refractivity contribution >= 4 is 40.5 Å². The van der Waals surface area contributed by atoms with Gasteiger partial charge in [0, 0.05) is 37.3 Å². The van der Waals surface area contributed by atoms with Crippen molar-refractivity contribution in [2.45, 2.75) is 19.8 Å². The molecular formula is C29H32N4O3S. The highest BCUT2D eigenvalue weighted by Gasteiger charge is 2.23. The molecule has 0 spiro atoms. The number of thiocarbonyl (C=S) groups is 1. The number of carbonyl (C=O) groups excluding carboxylic acids is 2. The molecule has 0 saturated carbocycles. The fourth-order valence-electron chi connectivity index (χ4n) is 4.16. The van der Waals surface area contributed by atoms with Crippen molar-refractivity contribution < 1.29 is 14.3 Å². The van der Waals surface area contributed by atoms with E-state index < -0.39 is 0 Å². The van der Waals surface area contributed by atoms with Gasteiger partial charge in [-0.3, -0.25) is 14.9 Å². The van der Waals surface area contributed by atoms with Crippen LogP contribution in [0.25, 0.3) is 0 Å². The summed E-state index contributed by atoms with van der Waals surface area (Å²) in [6.07, 6.45) is 2.01. The third kappa shape index (κ3) is 7.07. The Morgan fingerprint density at radius 1 is 0.892 bits per heavy atom. The summed E-state index contributed by atoms with van der Waals surface area (Å²) >= 11 is 5.45. The van der Waals surface area contributed by atoms with Crippen LogP contribution in [0, 0.1) is 0 Å². The molecule has 7 nitrogen and oxygen atoms in total. The maximum Gasteiger partial charge on any atom is 0.257 e. The molecule has 1 saturated heterocycles. The number of piperazine rings is 1. The second-order valence-electron chi connectivity index (χ2n) is 8.80. The summed E-state index contributed by atoms with van der Waals surface area (Å²) in [5.41, 5.74) is 2.95. The first kappa shape index (κ1) is 26.2. The summed E-state index contributed by atoms with van der Waals surface area (Å²) in [6, 6.07) is 24.3. The van der Waals surface area contributed by atoms with E-state index in [-0.39, 0.29) is 16.9 Å². The predicted molar refractivity (Wildman–Crippen MR) is 152 cm³/mol. The van der Waals surface area contributed by atoms with Crippen molar-refractivity contribution in [1.29, 1.82) is 0 Å². The lowest BCUT2D eigenvalue weighted by Gasteiger charge is -2.37. The average molecular weight is 517 g/mol. The molecule has 1 aliphatic heterocycles. The van der Waals surface area contributed by atoms with Crippen LogP contribution < -0.4 is 20.3 Å². The first-order chi connectivity index (χ1) is 18.0. The number of hydrogen-bond acceptors (Lipinski definition) is 5. The van der Waals surface area contributed by atoms with Gasteiger partial charge in [0.1, 0.15) is 5.75 Å². The molecule has 8 heteroatoms. The maximum absolute atomic E-state index is 12.8. The van der Waals surface area contributed by atoms with Gasteiger partial charge in [0.2, 0.25) is 0 Å². The second-order valence-corrected chi connectivity index (χ2v) is 9.21. The van der Waals surface area contributed by atoms with Crippen LogP contribution in [0.3, 0.4) is 0 Å². The van der Waals surface area contributed by atoms with Crippen LogP contribution in [0.15, 0.2) is 78.9 Å². The summed E-state index contributed by atoms with van der Waals surface area (Å²) in [5, 5.41) is 6.15. The number of carbonyl (C=O) groups is 2. The van der Waals surface area contributed by atoms with Gasteiger partial charge in [-0.05, 0) is 61.1 Å². The SMILES string of the molecule is CCCCOc1cccc(C(=O)NC(=S)Nc2ccccc2N2CCN(C(=O)c3ccccc3)CC2)c1. The Morgan fingerprint density at radius 3 is 2.35 bits per heavy atom. The van der Waals surface area contributed by atoms with Crippen molar-refractivity contribution in [1.82, 2.24) is 10.2 Å². The number of benzene rings is 3. The summed E-state index contributed by atoms with van der Waals surface area (Å²) in [4.78, 5) is 29.7. The number of anilines is 2. The maximum atomic E-state index is 12.8.